The standard InChI is InChI=1S/C19H16ClF5N4O2/c1-4-12-15(18(21,22)19(23,24)25)27-28(2)16(12)29-9-11(8-26-29)10-5-6-14(20)13(7-10)17(30)31-3/h4-8,11H,1,9H2,2-3H3. The van der Waals surface area contributed by atoms with Crippen LogP contribution in [-0.2, 0) is 17.7 Å². The fourth-order valence-corrected chi connectivity index (χ4v) is 3.40. The van der Waals surface area contributed by atoms with Crippen LogP contribution in [-0.4, -0.2) is 41.8 Å². The molecule has 1 aromatic carbocycles. The lowest BCUT2D eigenvalue weighted by Gasteiger charge is -2.19. The minimum Gasteiger partial charge on any atom is -0.465 e. The van der Waals surface area contributed by atoms with E-state index in [1.807, 2.05) is 0 Å². The first-order valence-electron chi connectivity index (χ1n) is 8.76. The van der Waals surface area contributed by atoms with Crippen LogP contribution in [0.25, 0.3) is 6.08 Å². The van der Waals surface area contributed by atoms with Gasteiger partial charge >= 0.3 is 18.1 Å². The molecule has 0 saturated carbocycles. The molecule has 6 nitrogen and oxygen atoms in total. The molecule has 31 heavy (non-hydrogen) atoms. The third kappa shape index (κ3) is 3.89. The van der Waals surface area contributed by atoms with Gasteiger partial charge in [-0.1, -0.05) is 30.3 Å². The van der Waals surface area contributed by atoms with Gasteiger partial charge in [0.25, 0.3) is 0 Å². The Bertz CT molecular complexity index is 1060. The first-order chi connectivity index (χ1) is 14.4. The number of ether oxygens (including phenoxy) is 1. The molecule has 2 heterocycles. The lowest BCUT2D eigenvalue weighted by atomic mass is 9.98. The van der Waals surface area contributed by atoms with E-state index in [4.69, 9.17) is 11.6 Å². The average molecular weight is 463 g/mol. The molecule has 2 aromatic rings. The first kappa shape index (κ1) is 22.7. The molecule has 0 bridgehead atoms. The molecular weight excluding hydrogens is 447 g/mol. The fourth-order valence-electron chi connectivity index (χ4n) is 3.21. The number of nitrogens with zero attached hydrogens (tertiary/aromatic N) is 4. The van der Waals surface area contributed by atoms with E-state index in [0.717, 1.165) is 10.8 Å². The highest BCUT2D eigenvalue weighted by molar-refractivity contribution is 6.33. The number of hydrogen-bond donors (Lipinski definition) is 0. The van der Waals surface area contributed by atoms with Crippen LogP contribution in [0.1, 0.15) is 33.1 Å². The summed E-state index contributed by atoms with van der Waals surface area (Å²) in [6.45, 7) is 3.46. The lowest BCUT2D eigenvalue weighted by Crippen LogP contribution is -2.34. The van der Waals surface area contributed by atoms with E-state index in [1.54, 1.807) is 6.07 Å². The molecule has 0 spiro atoms. The number of anilines is 1. The van der Waals surface area contributed by atoms with E-state index in [1.165, 1.54) is 37.5 Å². The predicted molar refractivity (Wildman–Crippen MR) is 105 cm³/mol. The van der Waals surface area contributed by atoms with Crippen molar-refractivity contribution in [2.75, 3.05) is 18.7 Å². The van der Waals surface area contributed by atoms with E-state index in [2.05, 4.69) is 21.5 Å². The second-order valence-electron chi connectivity index (χ2n) is 6.67. The molecule has 0 N–H and O–H groups in total. The van der Waals surface area contributed by atoms with Crippen molar-refractivity contribution in [3.05, 3.63) is 52.2 Å². The van der Waals surface area contributed by atoms with Crippen LogP contribution in [0.3, 0.4) is 0 Å². The highest BCUT2D eigenvalue weighted by atomic mass is 35.5. The van der Waals surface area contributed by atoms with Crippen LogP contribution in [0.15, 0.2) is 29.9 Å². The van der Waals surface area contributed by atoms with Gasteiger partial charge in [0.1, 0.15) is 0 Å². The number of esters is 1. The van der Waals surface area contributed by atoms with Crippen LogP contribution >= 0.6 is 11.6 Å². The molecule has 1 atom stereocenters. The van der Waals surface area contributed by atoms with Crippen LogP contribution in [0.5, 0.6) is 0 Å². The van der Waals surface area contributed by atoms with Gasteiger partial charge in [0.2, 0.25) is 0 Å². The zero-order chi connectivity index (χ0) is 23.1. The second-order valence-corrected chi connectivity index (χ2v) is 7.08. The van der Waals surface area contributed by atoms with Gasteiger partial charge in [0.05, 0.1) is 24.2 Å². The van der Waals surface area contributed by atoms with Gasteiger partial charge in [0.15, 0.2) is 11.5 Å². The predicted octanol–water partition coefficient (Wildman–Crippen LogP) is 4.75. The van der Waals surface area contributed by atoms with E-state index in [9.17, 15) is 26.7 Å². The summed E-state index contributed by atoms with van der Waals surface area (Å²) in [5, 5.41) is 8.96. The summed E-state index contributed by atoms with van der Waals surface area (Å²) in [4.78, 5) is 11.9. The number of benzene rings is 1. The quantitative estimate of drug-likeness (QED) is 0.475. The monoisotopic (exact) mass is 462 g/mol. The van der Waals surface area contributed by atoms with Crippen molar-refractivity contribution in [1.29, 1.82) is 0 Å². The Labute approximate surface area is 178 Å². The second kappa shape index (κ2) is 7.95. The van der Waals surface area contributed by atoms with Gasteiger partial charge in [-0.05, 0) is 17.7 Å². The summed E-state index contributed by atoms with van der Waals surface area (Å²) < 4.78 is 72.1. The minimum absolute atomic E-state index is 0.0742. The Balaban J connectivity index is 1.95. The molecule has 1 aliphatic heterocycles. The summed E-state index contributed by atoms with van der Waals surface area (Å²) in [7, 11) is 2.44. The number of hydrazone groups is 1. The number of carbonyl (C=O) groups is 1. The van der Waals surface area contributed by atoms with Crippen molar-refractivity contribution >= 4 is 35.7 Å². The minimum atomic E-state index is -5.82. The Hall–Kier alpha value is -2.95. The van der Waals surface area contributed by atoms with Gasteiger partial charge < -0.3 is 4.74 Å². The van der Waals surface area contributed by atoms with Crippen LogP contribution in [0, 0.1) is 0 Å². The molecule has 0 radical (unpaired) electrons. The molecule has 1 unspecified atom stereocenters. The molecule has 12 heteroatoms. The molecule has 1 aromatic heterocycles. The van der Waals surface area contributed by atoms with E-state index in [-0.39, 0.29) is 22.9 Å². The molecule has 0 amide bonds. The number of aromatic nitrogens is 2. The third-order valence-electron chi connectivity index (χ3n) is 4.73. The van der Waals surface area contributed by atoms with Gasteiger partial charge in [0, 0.05) is 24.7 Å². The molecule has 166 valence electrons. The van der Waals surface area contributed by atoms with Crippen LogP contribution in [0.2, 0.25) is 5.02 Å². The highest BCUT2D eigenvalue weighted by Gasteiger charge is 2.61. The topological polar surface area (TPSA) is 59.7 Å². The molecule has 0 aliphatic carbocycles. The number of carbonyl (C=O) groups excluding carboxylic acids is 1. The summed E-state index contributed by atoms with van der Waals surface area (Å²) >= 11 is 6.01. The SMILES string of the molecule is C=Cc1c(C(F)(F)C(F)(F)F)nn(C)c1N1CC(c2ccc(Cl)c(C(=O)OC)c2)C=N1. The Morgan fingerprint density at radius 1 is 1.32 bits per heavy atom. The maximum absolute atomic E-state index is 14.0. The Kier molecular flexibility index (Phi) is 5.83. The molecule has 3 rings (SSSR count). The van der Waals surface area contributed by atoms with Crippen molar-refractivity contribution in [2.24, 2.45) is 12.1 Å². The smallest absolute Gasteiger partial charge is 0.459 e. The summed E-state index contributed by atoms with van der Waals surface area (Å²) in [5.41, 5.74) is -1.17. The van der Waals surface area contributed by atoms with E-state index >= 15 is 0 Å². The number of rotatable bonds is 5. The molecule has 0 saturated heterocycles. The van der Waals surface area contributed by atoms with E-state index < -0.39 is 35.2 Å². The van der Waals surface area contributed by atoms with Crippen molar-refractivity contribution in [3.63, 3.8) is 0 Å². The average Bonchev–Trinajstić information content (AvgIpc) is 3.31. The fraction of sp³-hybridized carbons (Fsp3) is 0.316. The summed E-state index contributed by atoms with van der Waals surface area (Å²) in [6.07, 6.45) is -3.45. The van der Waals surface area contributed by atoms with Crippen molar-refractivity contribution in [3.8, 4) is 0 Å². The lowest BCUT2D eigenvalue weighted by molar-refractivity contribution is -0.291. The van der Waals surface area contributed by atoms with Crippen molar-refractivity contribution in [2.45, 2.75) is 18.0 Å². The summed E-state index contributed by atoms with van der Waals surface area (Å²) in [6, 6.07) is 4.66. The molecular formula is C19H16ClF5N4O2. The number of hydrogen-bond acceptors (Lipinski definition) is 5. The van der Waals surface area contributed by atoms with Gasteiger partial charge in [-0.3, -0.25) is 4.68 Å². The number of methoxy groups -OCH3 is 1. The van der Waals surface area contributed by atoms with Crippen LogP contribution in [0.4, 0.5) is 27.8 Å². The van der Waals surface area contributed by atoms with Crippen molar-refractivity contribution in [1.82, 2.24) is 9.78 Å². The largest absolute Gasteiger partial charge is 0.465 e. The first-order valence-corrected chi connectivity index (χ1v) is 9.14. The molecule has 0 fully saturated rings. The number of alkyl halides is 5. The summed E-state index contributed by atoms with van der Waals surface area (Å²) in [5.74, 6) is -6.28. The molecule has 1 aliphatic rings. The maximum Gasteiger partial charge on any atom is 0.459 e. The van der Waals surface area contributed by atoms with Gasteiger partial charge in [-0.15, -0.1) is 0 Å². The van der Waals surface area contributed by atoms with Crippen LogP contribution < -0.4 is 5.01 Å². The highest BCUT2D eigenvalue weighted by Crippen LogP contribution is 2.46. The normalized spacial score (nSPS) is 16.6. The zero-order valence-electron chi connectivity index (χ0n) is 16.3. The Morgan fingerprint density at radius 3 is 2.58 bits per heavy atom. The third-order valence-corrected chi connectivity index (χ3v) is 5.06. The van der Waals surface area contributed by atoms with Crippen molar-refractivity contribution < 1.29 is 31.5 Å². The number of aryl methyl sites for hydroxylation is 1. The van der Waals surface area contributed by atoms with Gasteiger partial charge in [-0.25, -0.2) is 9.80 Å². The Morgan fingerprint density at radius 2 is 2.00 bits per heavy atom. The zero-order valence-corrected chi connectivity index (χ0v) is 17.0. The van der Waals surface area contributed by atoms with Gasteiger partial charge in [-0.2, -0.15) is 32.2 Å². The van der Waals surface area contributed by atoms with E-state index in [0.29, 0.717) is 5.56 Å². The number of halogens is 6. The maximum atomic E-state index is 14.0.